The molecule has 2 aromatic carbocycles. The van der Waals surface area contributed by atoms with Gasteiger partial charge in [0, 0.05) is 20.2 Å². The standard InChI is InChI=1S/C16H9Cl2IN2O/c17-9-3-4-10(13(19)8-9)16(22)21-14-6-5-12(18)15-11(14)2-1-7-20-15/h1-8H,(H,21,22). The van der Waals surface area contributed by atoms with Crippen LogP contribution < -0.4 is 5.32 Å². The molecule has 0 radical (unpaired) electrons. The van der Waals surface area contributed by atoms with Gasteiger partial charge in [0.1, 0.15) is 0 Å². The number of hydrogen-bond donors (Lipinski definition) is 1. The van der Waals surface area contributed by atoms with Crippen LogP contribution in [0.25, 0.3) is 10.9 Å². The van der Waals surface area contributed by atoms with Crippen LogP contribution in [0.15, 0.2) is 48.7 Å². The predicted octanol–water partition coefficient (Wildman–Crippen LogP) is 5.40. The zero-order valence-electron chi connectivity index (χ0n) is 11.1. The first-order chi connectivity index (χ1) is 10.6. The van der Waals surface area contributed by atoms with Crippen LogP contribution in [-0.4, -0.2) is 10.9 Å². The molecule has 110 valence electrons. The lowest BCUT2D eigenvalue weighted by atomic mass is 10.1. The van der Waals surface area contributed by atoms with Crippen LogP contribution in [0.2, 0.25) is 10.0 Å². The number of fused-ring (bicyclic) bond motifs is 1. The number of anilines is 1. The first-order valence-electron chi connectivity index (χ1n) is 6.36. The summed E-state index contributed by atoms with van der Waals surface area (Å²) in [6, 6.07) is 12.3. The fourth-order valence-electron chi connectivity index (χ4n) is 2.11. The van der Waals surface area contributed by atoms with Gasteiger partial charge < -0.3 is 5.32 Å². The Morgan fingerprint density at radius 1 is 1.14 bits per heavy atom. The van der Waals surface area contributed by atoms with E-state index in [1.807, 2.05) is 6.07 Å². The quantitative estimate of drug-likeness (QED) is 0.540. The monoisotopic (exact) mass is 442 g/mol. The number of halogens is 3. The molecule has 0 aliphatic carbocycles. The van der Waals surface area contributed by atoms with Crippen LogP contribution in [-0.2, 0) is 0 Å². The van der Waals surface area contributed by atoms with E-state index >= 15 is 0 Å². The summed E-state index contributed by atoms with van der Waals surface area (Å²) in [6.07, 6.45) is 1.67. The summed E-state index contributed by atoms with van der Waals surface area (Å²) in [7, 11) is 0. The molecule has 0 bridgehead atoms. The number of carbonyl (C=O) groups is 1. The summed E-state index contributed by atoms with van der Waals surface area (Å²) in [6.45, 7) is 0. The number of nitrogens with zero attached hydrogens (tertiary/aromatic N) is 1. The third kappa shape index (κ3) is 3.04. The Hall–Kier alpha value is -1.37. The van der Waals surface area contributed by atoms with Crippen molar-refractivity contribution in [1.82, 2.24) is 4.98 Å². The fourth-order valence-corrected chi connectivity index (χ4v) is 3.44. The highest BCUT2D eigenvalue weighted by molar-refractivity contribution is 14.1. The van der Waals surface area contributed by atoms with Crippen molar-refractivity contribution in [2.75, 3.05) is 5.32 Å². The normalized spacial score (nSPS) is 10.7. The van der Waals surface area contributed by atoms with E-state index in [4.69, 9.17) is 23.2 Å². The molecule has 0 spiro atoms. The number of amides is 1. The minimum Gasteiger partial charge on any atom is -0.321 e. The lowest BCUT2D eigenvalue weighted by Crippen LogP contribution is -2.13. The van der Waals surface area contributed by atoms with Crippen molar-refractivity contribution in [3.63, 3.8) is 0 Å². The summed E-state index contributed by atoms with van der Waals surface area (Å²) < 4.78 is 0.791. The Morgan fingerprint density at radius 3 is 2.73 bits per heavy atom. The summed E-state index contributed by atoms with van der Waals surface area (Å²) in [4.78, 5) is 16.7. The number of nitrogens with one attached hydrogen (secondary N) is 1. The minimum absolute atomic E-state index is 0.200. The third-order valence-corrected chi connectivity index (χ3v) is 4.58. The number of pyridine rings is 1. The maximum absolute atomic E-state index is 12.5. The smallest absolute Gasteiger partial charge is 0.256 e. The van der Waals surface area contributed by atoms with Crippen molar-refractivity contribution in [1.29, 1.82) is 0 Å². The summed E-state index contributed by atoms with van der Waals surface area (Å²) >= 11 is 14.1. The number of carbonyl (C=O) groups excluding carboxylic acids is 1. The molecule has 1 aromatic heterocycles. The molecule has 3 aromatic rings. The van der Waals surface area contributed by atoms with Crippen molar-refractivity contribution in [3.8, 4) is 0 Å². The molecule has 1 N–H and O–H groups in total. The lowest BCUT2D eigenvalue weighted by molar-refractivity contribution is 0.102. The summed E-state index contributed by atoms with van der Waals surface area (Å²) in [5.41, 5.74) is 1.90. The lowest BCUT2D eigenvalue weighted by Gasteiger charge is -2.10. The van der Waals surface area contributed by atoms with Gasteiger partial charge >= 0.3 is 0 Å². The maximum Gasteiger partial charge on any atom is 0.256 e. The van der Waals surface area contributed by atoms with E-state index in [2.05, 4.69) is 32.9 Å². The summed E-state index contributed by atoms with van der Waals surface area (Å²) in [5, 5.41) is 4.85. The molecule has 0 saturated heterocycles. The molecule has 0 aliphatic rings. The molecule has 0 saturated carbocycles. The van der Waals surface area contributed by atoms with Gasteiger partial charge in [0.25, 0.3) is 5.91 Å². The second-order valence-corrected chi connectivity index (χ2v) is 6.58. The highest BCUT2D eigenvalue weighted by atomic mass is 127. The summed E-state index contributed by atoms with van der Waals surface area (Å²) in [5.74, 6) is -0.200. The average Bonchev–Trinajstić information content (AvgIpc) is 2.50. The van der Waals surface area contributed by atoms with Crippen LogP contribution in [0.1, 0.15) is 10.4 Å². The van der Waals surface area contributed by atoms with E-state index in [0.717, 1.165) is 8.96 Å². The molecule has 1 amide bonds. The Morgan fingerprint density at radius 2 is 1.95 bits per heavy atom. The molecule has 0 unspecified atom stereocenters. The van der Waals surface area contributed by atoms with E-state index in [9.17, 15) is 4.79 Å². The number of rotatable bonds is 2. The van der Waals surface area contributed by atoms with E-state index in [-0.39, 0.29) is 5.91 Å². The highest BCUT2D eigenvalue weighted by Crippen LogP contribution is 2.28. The zero-order valence-corrected chi connectivity index (χ0v) is 14.8. The van der Waals surface area contributed by atoms with Gasteiger partial charge in [0.15, 0.2) is 0 Å². The first-order valence-corrected chi connectivity index (χ1v) is 8.19. The van der Waals surface area contributed by atoms with Gasteiger partial charge in [-0.2, -0.15) is 0 Å². The molecule has 22 heavy (non-hydrogen) atoms. The SMILES string of the molecule is O=C(Nc1ccc(Cl)c2ncccc12)c1ccc(Cl)cc1I. The third-order valence-electron chi connectivity index (χ3n) is 3.14. The molecule has 0 fully saturated rings. The molecule has 0 aliphatic heterocycles. The maximum atomic E-state index is 12.5. The minimum atomic E-state index is -0.200. The molecule has 0 atom stereocenters. The Balaban J connectivity index is 2.00. The molecule has 3 rings (SSSR count). The van der Waals surface area contributed by atoms with E-state index < -0.39 is 0 Å². The van der Waals surface area contributed by atoms with Gasteiger partial charge in [-0.1, -0.05) is 23.2 Å². The number of hydrogen-bond acceptors (Lipinski definition) is 2. The number of aromatic nitrogens is 1. The van der Waals surface area contributed by atoms with Crippen LogP contribution >= 0.6 is 45.8 Å². The van der Waals surface area contributed by atoms with E-state index in [1.165, 1.54) is 0 Å². The van der Waals surface area contributed by atoms with Crippen molar-refractivity contribution >= 4 is 68.3 Å². The van der Waals surface area contributed by atoms with Crippen molar-refractivity contribution in [2.24, 2.45) is 0 Å². The van der Waals surface area contributed by atoms with Gasteiger partial charge in [0.05, 0.1) is 21.8 Å². The average molecular weight is 443 g/mol. The van der Waals surface area contributed by atoms with E-state index in [1.54, 1.807) is 42.6 Å². The van der Waals surface area contributed by atoms with Crippen molar-refractivity contribution < 1.29 is 4.79 Å². The van der Waals surface area contributed by atoms with Gasteiger partial charge in [-0.05, 0) is 65.1 Å². The predicted molar refractivity (Wildman–Crippen MR) is 98.9 cm³/mol. The largest absolute Gasteiger partial charge is 0.321 e. The second kappa shape index (κ2) is 6.40. The molecule has 1 heterocycles. The van der Waals surface area contributed by atoms with Gasteiger partial charge in [-0.15, -0.1) is 0 Å². The zero-order chi connectivity index (χ0) is 15.7. The number of benzene rings is 2. The van der Waals surface area contributed by atoms with Gasteiger partial charge in [-0.25, -0.2) is 0 Å². The Labute approximate surface area is 150 Å². The highest BCUT2D eigenvalue weighted by Gasteiger charge is 2.13. The van der Waals surface area contributed by atoms with Crippen molar-refractivity contribution in [3.05, 3.63) is 67.8 Å². The second-order valence-electron chi connectivity index (χ2n) is 4.57. The van der Waals surface area contributed by atoms with Crippen LogP contribution in [0.5, 0.6) is 0 Å². The van der Waals surface area contributed by atoms with Gasteiger partial charge in [-0.3, -0.25) is 9.78 Å². The van der Waals surface area contributed by atoms with Crippen LogP contribution in [0, 0.1) is 3.57 Å². The first kappa shape index (κ1) is 15.5. The Kier molecular flexibility index (Phi) is 4.52. The molecular weight excluding hydrogens is 434 g/mol. The Bertz CT molecular complexity index is 883. The molecular formula is C16H9Cl2IN2O. The van der Waals surface area contributed by atoms with Gasteiger partial charge in [0.2, 0.25) is 0 Å². The molecule has 3 nitrogen and oxygen atoms in total. The van der Waals surface area contributed by atoms with E-state index in [0.29, 0.717) is 26.8 Å². The van der Waals surface area contributed by atoms with Crippen LogP contribution in [0.4, 0.5) is 5.69 Å². The van der Waals surface area contributed by atoms with Crippen molar-refractivity contribution in [2.45, 2.75) is 0 Å². The fraction of sp³-hybridized carbons (Fsp3) is 0. The topological polar surface area (TPSA) is 42.0 Å². The molecule has 6 heteroatoms. The van der Waals surface area contributed by atoms with Crippen LogP contribution in [0.3, 0.4) is 0 Å².